The Bertz CT molecular complexity index is 801. The van der Waals surface area contributed by atoms with E-state index in [9.17, 15) is 0 Å². The van der Waals surface area contributed by atoms with E-state index in [0.717, 1.165) is 33.9 Å². The molecule has 5 heteroatoms. The Labute approximate surface area is 139 Å². The Hall–Kier alpha value is -3.47. The lowest BCUT2D eigenvalue weighted by Crippen LogP contribution is -1.94. The first-order valence-corrected chi connectivity index (χ1v) is 7.50. The molecule has 0 aromatic carbocycles. The van der Waals surface area contributed by atoms with Crippen molar-refractivity contribution in [3.8, 4) is 33.9 Å². The largest absolute Gasteiger partial charge is 0.255 e. The van der Waals surface area contributed by atoms with Crippen LogP contribution in [0.1, 0.15) is 0 Å². The standard InChI is InChI=1S/C19H13N5/c1-3-7-22-16(5-1)18-9-14(15-11-20-13-21-12-15)10-19(24-18)17-6-2-4-8-23-17/h1-13H. The Morgan fingerprint density at radius 3 is 1.67 bits per heavy atom. The van der Waals surface area contributed by atoms with Gasteiger partial charge in [-0.15, -0.1) is 0 Å². The second kappa shape index (κ2) is 6.34. The minimum atomic E-state index is 0.789. The molecular weight excluding hydrogens is 298 g/mol. The molecule has 24 heavy (non-hydrogen) atoms. The fourth-order valence-corrected chi connectivity index (χ4v) is 2.44. The summed E-state index contributed by atoms with van der Waals surface area (Å²) in [7, 11) is 0. The van der Waals surface area contributed by atoms with E-state index in [1.54, 1.807) is 24.8 Å². The van der Waals surface area contributed by atoms with Crippen LogP contribution in [0.15, 0.2) is 79.6 Å². The Morgan fingerprint density at radius 2 is 1.17 bits per heavy atom. The van der Waals surface area contributed by atoms with Crippen LogP contribution >= 0.6 is 0 Å². The number of nitrogens with zero attached hydrogens (tertiary/aromatic N) is 5. The lowest BCUT2D eigenvalue weighted by molar-refractivity contribution is 1.17. The number of pyridine rings is 3. The monoisotopic (exact) mass is 311 g/mol. The maximum atomic E-state index is 4.73. The molecule has 0 N–H and O–H groups in total. The second-order valence-electron chi connectivity index (χ2n) is 5.18. The molecule has 114 valence electrons. The summed E-state index contributed by atoms with van der Waals surface area (Å²) >= 11 is 0. The van der Waals surface area contributed by atoms with Gasteiger partial charge in [-0.2, -0.15) is 0 Å². The van der Waals surface area contributed by atoms with Crippen molar-refractivity contribution in [2.75, 3.05) is 0 Å². The molecule has 0 amide bonds. The van der Waals surface area contributed by atoms with E-state index in [4.69, 9.17) is 4.98 Å². The normalized spacial score (nSPS) is 10.5. The van der Waals surface area contributed by atoms with Crippen LogP contribution in [0.25, 0.3) is 33.9 Å². The highest BCUT2D eigenvalue weighted by Gasteiger charge is 2.10. The first-order chi connectivity index (χ1) is 11.9. The van der Waals surface area contributed by atoms with Crippen molar-refractivity contribution >= 4 is 0 Å². The summed E-state index contributed by atoms with van der Waals surface area (Å²) in [5.74, 6) is 0. The molecule has 0 aliphatic carbocycles. The summed E-state index contributed by atoms with van der Waals surface area (Å²) in [6.07, 6.45) is 8.61. The quantitative estimate of drug-likeness (QED) is 0.577. The van der Waals surface area contributed by atoms with E-state index in [2.05, 4.69) is 19.9 Å². The van der Waals surface area contributed by atoms with E-state index in [1.807, 2.05) is 48.5 Å². The summed E-state index contributed by atoms with van der Waals surface area (Å²) in [6, 6.07) is 15.5. The number of rotatable bonds is 3. The van der Waals surface area contributed by atoms with Gasteiger partial charge in [0.1, 0.15) is 6.33 Å². The van der Waals surface area contributed by atoms with Crippen LogP contribution in [0.3, 0.4) is 0 Å². The van der Waals surface area contributed by atoms with Gasteiger partial charge in [-0.25, -0.2) is 15.0 Å². The highest BCUT2D eigenvalue weighted by molar-refractivity contribution is 5.73. The second-order valence-corrected chi connectivity index (χ2v) is 5.18. The van der Waals surface area contributed by atoms with Crippen LogP contribution in [-0.4, -0.2) is 24.9 Å². The Balaban J connectivity index is 1.92. The van der Waals surface area contributed by atoms with Crippen LogP contribution < -0.4 is 0 Å². The molecular formula is C19H13N5. The minimum absolute atomic E-state index is 0.789. The van der Waals surface area contributed by atoms with Gasteiger partial charge in [0, 0.05) is 30.4 Å². The van der Waals surface area contributed by atoms with Gasteiger partial charge >= 0.3 is 0 Å². The molecule has 0 unspecified atom stereocenters. The fraction of sp³-hybridized carbons (Fsp3) is 0. The Morgan fingerprint density at radius 1 is 0.583 bits per heavy atom. The zero-order chi connectivity index (χ0) is 16.2. The molecule has 4 rings (SSSR count). The van der Waals surface area contributed by atoms with Gasteiger partial charge in [-0.05, 0) is 42.0 Å². The molecule has 0 saturated heterocycles. The first-order valence-electron chi connectivity index (χ1n) is 7.50. The van der Waals surface area contributed by atoms with Gasteiger partial charge in [-0.1, -0.05) is 12.1 Å². The predicted molar refractivity (Wildman–Crippen MR) is 91.7 cm³/mol. The van der Waals surface area contributed by atoms with E-state index in [0.29, 0.717) is 0 Å². The maximum absolute atomic E-state index is 4.73. The van der Waals surface area contributed by atoms with Crippen molar-refractivity contribution in [3.63, 3.8) is 0 Å². The zero-order valence-corrected chi connectivity index (χ0v) is 12.7. The van der Waals surface area contributed by atoms with Crippen LogP contribution in [0.5, 0.6) is 0 Å². The minimum Gasteiger partial charge on any atom is -0.255 e. The average molecular weight is 311 g/mol. The molecule has 0 aliphatic rings. The first kappa shape index (κ1) is 14.1. The van der Waals surface area contributed by atoms with Gasteiger partial charge < -0.3 is 0 Å². The van der Waals surface area contributed by atoms with Gasteiger partial charge in [0.15, 0.2) is 0 Å². The lowest BCUT2D eigenvalue weighted by Gasteiger charge is -2.08. The molecule has 0 atom stereocenters. The van der Waals surface area contributed by atoms with Gasteiger partial charge in [0.05, 0.1) is 22.8 Å². The molecule has 0 bridgehead atoms. The van der Waals surface area contributed by atoms with Crippen molar-refractivity contribution < 1.29 is 0 Å². The molecule has 4 aromatic heterocycles. The van der Waals surface area contributed by atoms with E-state index in [1.165, 1.54) is 6.33 Å². The highest BCUT2D eigenvalue weighted by atomic mass is 14.8. The molecule has 4 aromatic rings. The maximum Gasteiger partial charge on any atom is 0.115 e. The smallest absolute Gasteiger partial charge is 0.115 e. The fourth-order valence-electron chi connectivity index (χ4n) is 2.44. The summed E-state index contributed by atoms with van der Waals surface area (Å²) in [5, 5.41) is 0. The molecule has 0 fully saturated rings. The van der Waals surface area contributed by atoms with Crippen molar-refractivity contribution in [1.29, 1.82) is 0 Å². The number of aromatic nitrogens is 5. The summed E-state index contributed by atoms with van der Waals surface area (Å²) < 4.78 is 0. The van der Waals surface area contributed by atoms with Crippen LogP contribution in [0.2, 0.25) is 0 Å². The third-order valence-corrected chi connectivity index (χ3v) is 3.57. The third kappa shape index (κ3) is 2.87. The average Bonchev–Trinajstić information content (AvgIpc) is 2.70. The SMILES string of the molecule is c1ccc(-c2cc(-c3cncnc3)cc(-c3ccccn3)n2)nc1. The topological polar surface area (TPSA) is 64.5 Å². The van der Waals surface area contributed by atoms with Gasteiger partial charge in [0.2, 0.25) is 0 Å². The summed E-state index contributed by atoms with van der Waals surface area (Å²) in [4.78, 5) is 21.7. The molecule has 0 aliphatic heterocycles. The zero-order valence-electron chi connectivity index (χ0n) is 12.7. The number of hydrogen-bond donors (Lipinski definition) is 0. The van der Waals surface area contributed by atoms with Crippen molar-refractivity contribution in [2.45, 2.75) is 0 Å². The molecule has 0 spiro atoms. The highest BCUT2D eigenvalue weighted by Crippen LogP contribution is 2.27. The summed E-state index contributed by atoms with van der Waals surface area (Å²) in [6.45, 7) is 0. The lowest BCUT2D eigenvalue weighted by atomic mass is 10.1. The van der Waals surface area contributed by atoms with E-state index in [-0.39, 0.29) is 0 Å². The molecule has 5 nitrogen and oxygen atoms in total. The predicted octanol–water partition coefficient (Wildman–Crippen LogP) is 3.66. The van der Waals surface area contributed by atoms with E-state index >= 15 is 0 Å². The molecule has 0 saturated carbocycles. The van der Waals surface area contributed by atoms with Crippen molar-refractivity contribution in [3.05, 3.63) is 79.6 Å². The van der Waals surface area contributed by atoms with Crippen LogP contribution in [0, 0.1) is 0 Å². The third-order valence-electron chi connectivity index (χ3n) is 3.57. The Kier molecular flexibility index (Phi) is 3.73. The number of hydrogen-bond acceptors (Lipinski definition) is 5. The van der Waals surface area contributed by atoms with Gasteiger partial charge in [0.25, 0.3) is 0 Å². The van der Waals surface area contributed by atoms with E-state index < -0.39 is 0 Å². The van der Waals surface area contributed by atoms with Crippen molar-refractivity contribution in [2.24, 2.45) is 0 Å². The molecule has 4 heterocycles. The van der Waals surface area contributed by atoms with Crippen molar-refractivity contribution in [1.82, 2.24) is 24.9 Å². The summed E-state index contributed by atoms with van der Waals surface area (Å²) in [5.41, 5.74) is 5.11. The van der Waals surface area contributed by atoms with Crippen LogP contribution in [-0.2, 0) is 0 Å². The molecule has 0 radical (unpaired) electrons. The van der Waals surface area contributed by atoms with Gasteiger partial charge in [-0.3, -0.25) is 9.97 Å². The van der Waals surface area contributed by atoms with Crippen LogP contribution in [0.4, 0.5) is 0 Å².